The van der Waals surface area contributed by atoms with Gasteiger partial charge in [0.1, 0.15) is 11.4 Å². The summed E-state index contributed by atoms with van der Waals surface area (Å²) in [7, 11) is 0. The highest BCUT2D eigenvalue weighted by atomic mass is 16.1. The lowest BCUT2D eigenvalue weighted by molar-refractivity contribution is 0.0944. The van der Waals surface area contributed by atoms with Crippen molar-refractivity contribution in [1.29, 1.82) is 0 Å². The van der Waals surface area contributed by atoms with Crippen molar-refractivity contribution in [2.24, 2.45) is 0 Å². The second kappa shape index (κ2) is 9.33. The highest BCUT2D eigenvalue weighted by molar-refractivity contribution is 5.93. The van der Waals surface area contributed by atoms with Crippen LogP contribution < -0.4 is 5.32 Å². The minimum atomic E-state index is -0.173. The second-order valence-corrected chi connectivity index (χ2v) is 7.11. The van der Waals surface area contributed by atoms with Crippen molar-refractivity contribution in [3.05, 3.63) is 90.5 Å². The molecule has 152 valence electrons. The summed E-state index contributed by atoms with van der Waals surface area (Å²) in [5.74, 6) is -0.173. The van der Waals surface area contributed by atoms with E-state index in [1.165, 1.54) is 5.56 Å². The first kappa shape index (κ1) is 19.8. The predicted molar refractivity (Wildman–Crippen MR) is 118 cm³/mol. The summed E-state index contributed by atoms with van der Waals surface area (Å²) in [6.45, 7) is 5.27. The fraction of sp³-hybridized carbons (Fsp3) is 0.208. The number of fused-ring (bicyclic) bond motifs is 1. The maximum absolute atomic E-state index is 12.7. The molecule has 0 saturated heterocycles. The van der Waals surface area contributed by atoms with Gasteiger partial charge in [-0.2, -0.15) is 0 Å². The summed E-state index contributed by atoms with van der Waals surface area (Å²) in [4.78, 5) is 24.0. The number of carbonyl (C=O) groups is 1. The molecule has 0 aliphatic carbocycles. The molecular formula is C24H25N5O. The van der Waals surface area contributed by atoms with Crippen LogP contribution in [0.25, 0.3) is 16.9 Å². The summed E-state index contributed by atoms with van der Waals surface area (Å²) in [6.07, 6.45) is 5.28. The Labute approximate surface area is 176 Å². The average molecular weight is 399 g/mol. The Morgan fingerprint density at radius 1 is 1.07 bits per heavy atom. The molecule has 2 heterocycles. The van der Waals surface area contributed by atoms with Crippen molar-refractivity contribution in [2.75, 3.05) is 19.6 Å². The molecule has 4 rings (SSSR count). The molecule has 6 nitrogen and oxygen atoms in total. The molecule has 0 aliphatic rings. The van der Waals surface area contributed by atoms with Gasteiger partial charge in [0, 0.05) is 43.8 Å². The van der Waals surface area contributed by atoms with Crippen molar-refractivity contribution in [3.8, 4) is 11.3 Å². The van der Waals surface area contributed by atoms with Crippen LogP contribution in [0.1, 0.15) is 23.0 Å². The lowest BCUT2D eigenvalue weighted by Gasteiger charge is -2.20. The van der Waals surface area contributed by atoms with Gasteiger partial charge < -0.3 is 9.72 Å². The van der Waals surface area contributed by atoms with E-state index in [-0.39, 0.29) is 5.91 Å². The Kier molecular flexibility index (Phi) is 6.15. The highest BCUT2D eigenvalue weighted by Crippen LogP contribution is 2.21. The van der Waals surface area contributed by atoms with Crippen LogP contribution in [0.15, 0.2) is 79.3 Å². The first-order chi connectivity index (χ1) is 14.7. The van der Waals surface area contributed by atoms with Crippen molar-refractivity contribution >= 4 is 11.6 Å². The lowest BCUT2D eigenvalue weighted by Crippen LogP contribution is -2.34. The number of nitrogens with one attached hydrogen (secondary N) is 1. The molecule has 6 heteroatoms. The van der Waals surface area contributed by atoms with Crippen LogP contribution in [0, 0.1) is 0 Å². The van der Waals surface area contributed by atoms with Gasteiger partial charge in [-0.3, -0.25) is 14.7 Å². The maximum atomic E-state index is 12.7. The van der Waals surface area contributed by atoms with Crippen LogP contribution in [-0.4, -0.2) is 44.8 Å². The number of nitrogens with zero attached hydrogens (tertiary/aromatic N) is 4. The van der Waals surface area contributed by atoms with Gasteiger partial charge in [0.25, 0.3) is 5.91 Å². The topological polar surface area (TPSA) is 62.5 Å². The van der Waals surface area contributed by atoms with Gasteiger partial charge in [-0.15, -0.1) is 0 Å². The fourth-order valence-corrected chi connectivity index (χ4v) is 3.44. The van der Waals surface area contributed by atoms with E-state index >= 15 is 0 Å². The fourth-order valence-electron chi connectivity index (χ4n) is 3.44. The summed E-state index contributed by atoms with van der Waals surface area (Å²) in [5, 5.41) is 2.99. The molecule has 1 amide bonds. The molecule has 0 spiro atoms. The number of rotatable bonds is 8. The molecule has 0 atom stereocenters. The van der Waals surface area contributed by atoms with Crippen molar-refractivity contribution in [3.63, 3.8) is 0 Å². The largest absolute Gasteiger partial charge is 0.349 e. The molecular weight excluding hydrogens is 374 g/mol. The zero-order valence-corrected chi connectivity index (χ0v) is 17.0. The maximum Gasteiger partial charge on any atom is 0.271 e. The third-order valence-corrected chi connectivity index (χ3v) is 5.06. The summed E-state index contributed by atoms with van der Waals surface area (Å²) < 4.78 is 1.85. The van der Waals surface area contributed by atoms with Gasteiger partial charge in [-0.25, -0.2) is 4.98 Å². The van der Waals surface area contributed by atoms with E-state index in [2.05, 4.69) is 39.2 Å². The molecule has 0 aliphatic heterocycles. The van der Waals surface area contributed by atoms with E-state index in [1.807, 2.05) is 59.1 Å². The van der Waals surface area contributed by atoms with Crippen molar-refractivity contribution < 1.29 is 4.79 Å². The van der Waals surface area contributed by atoms with Crippen LogP contribution in [0.5, 0.6) is 0 Å². The number of amides is 1. The van der Waals surface area contributed by atoms with Crippen LogP contribution >= 0.6 is 0 Å². The van der Waals surface area contributed by atoms with Gasteiger partial charge in [0.15, 0.2) is 5.65 Å². The van der Waals surface area contributed by atoms with Gasteiger partial charge in [0.05, 0.1) is 0 Å². The van der Waals surface area contributed by atoms with Crippen LogP contribution in [0.2, 0.25) is 0 Å². The van der Waals surface area contributed by atoms with Crippen LogP contribution in [0.4, 0.5) is 0 Å². The number of aromatic nitrogens is 3. The zero-order chi connectivity index (χ0) is 20.8. The minimum absolute atomic E-state index is 0.173. The number of carbonyl (C=O) groups excluding carboxylic acids is 1. The normalized spacial score (nSPS) is 11.1. The van der Waals surface area contributed by atoms with E-state index in [0.717, 1.165) is 30.9 Å². The van der Waals surface area contributed by atoms with E-state index in [9.17, 15) is 4.79 Å². The van der Waals surface area contributed by atoms with E-state index in [1.54, 1.807) is 12.4 Å². The van der Waals surface area contributed by atoms with Gasteiger partial charge >= 0.3 is 0 Å². The minimum Gasteiger partial charge on any atom is -0.349 e. The molecule has 2 aromatic heterocycles. The number of benzene rings is 2. The number of hydrogen-bond acceptors (Lipinski definition) is 4. The van der Waals surface area contributed by atoms with E-state index in [4.69, 9.17) is 0 Å². The van der Waals surface area contributed by atoms with E-state index in [0.29, 0.717) is 17.9 Å². The van der Waals surface area contributed by atoms with Crippen LogP contribution in [-0.2, 0) is 6.54 Å². The standard InChI is InChI=1S/C24H25N5O/c1-2-28(17-19-9-5-3-6-10-19)15-13-26-24(30)21-18-29-16-14-25-22(23(29)27-21)20-11-7-4-8-12-20/h3-12,14,16,18H,2,13,15,17H2,1H3,(H,26,30). The first-order valence-electron chi connectivity index (χ1n) is 10.2. The third-order valence-electron chi connectivity index (χ3n) is 5.06. The highest BCUT2D eigenvalue weighted by Gasteiger charge is 2.14. The molecule has 2 aromatic carbocycles. The molecule has 0 fully saturated rings. The van der Waals surface area contributed by atoms with Crippen molar-refractivity contribution in [2.45, 2.75) is 13.5 Å². The molecule has 0 bridgehead atoms. The summed E-state index contributed by atoms with van der Waals surface area (Å²) in [5.41, 5.74) is 4.07. The molecule has 30 heavy (non-hydrogen) atoms. The van der Waals surface area contributed by atoms with Gasteiger partial charge in [-0.1, -0.05) is 67.6 Å². The first-order valence-corrected chi connectivity index (χ1v) is 10.2. The van der Waals surface area contributed by atoms with Crippen molar-refractivity contribution in [1.82, 2.24) is 24.6 Å². The van der Waals surface area contributed by atoms with Gasteiger partial charge in [-0.05, 0) is 12.1 Å². The Morgan fingerprint density at radius 3 is 2.53 bits per heavy atom. The SMILES string of the molecule is CCN(CCNC(=O)c1cn2ccnc(-c3ccccc3)c2n1)Cc1ccccc1. The third kappa shape index (κ3) is 4.55. The number of likely N-dealkylation sites (N-methyl/N-ethyl adjacent to an activating group) is 1. The Morgan fingerprint density at radius 2 is 1.80 bits per heavy atom. The summed E-state index contributed by atoms with van der Waals surface area (Å²) >= 11 is 0. The lowest BCUT2D eigenvalue weighted by atomic mass is 10.1. The molecule has 0 unspecified atom stereocenters. The number of hydrogen-bond donors (Lipinski definition) is 1. The molecule has 1 N–H and O–H groups in total. The van der Waals surface area contributed by atoms with Gasteiger partial charge in [0.2, 0.25) is 0 Å². The average Bonchev–Trinajstić information content (AvgIpc) is 3.24. The second-order valence-electron chi connectivity index (χ2n) is 7.11. The molecule has 0 radical (unpaired) electrons. The molecule has 4 aromatic rings. The van der Waals surface area contributed by atoms with E-state index < -0.39 is 0 Å². The summed E-state index contributed by atoms with van der Waals surface area (Å²) in [6, 6.07) is 20.2. The predicted octanol–water partition coefficient (Wildman–Crippen LogP) is 3.65. The molecule has 0 saturated carbocycles. The number of imidazole rings is 1. The Bertz CT molecular complexity index is 1110. The Hall–Kier alpha value is -3.51. The zero-order valence-electron chi connectivity index (χ0n) is 17.0. The van der Waals surface area contributed by atoms with Crippen LogP contribution in [0.3, 0.4) is 0 Å². The monoisotopic (exact) mass is 399 g/mol. The quantitative estimate of drug-likeness (QED) is 0.491. The Balaban J connectivity index is 1.41. The smallest absolute Gasteiger partial charge is 0.271 e.